The Bertz CT molecular complexity index is 1030. The van der Waals surface area contributed by atoms with E-state index >= 15 is 0 Å². The summed E-state index contributed by atoms with van der Waals surface area (Å²) in [5, 5.41) is 12.1. The number of hydrogen-bond donors (Lipinski definition) is 2. The second kappa shape index (κ2) is 10.7. The highest BCUT2D eigenvalue weighted by Crippen LogP contribution is 2.33. The molecule has 7 nitrogen and oxygen atoms in total. The lowest BCUT2D eigenvalue weighted by atomic mass is 10.1. The minimum atomic E-state index is -0.928. The topological polar surface area (TPSA) is 97.2 Å². The van der Waals surface area contributed by atoms with Crippen molar-refractivity contribution in [3.8, 4) is 11.5 Å². The number of carbonyl (C=O) groups is 2. The number of nitrogens with zero attached hydrogens (tertiary/aromatic N) is 1. The number of carboxylic acid groups (broad SMARTS) is 1. The van der Waals surface area contributed by atoms with Crippen LogP contribution >= 0.6 is 11.8 Å². The zero-order chi connectivity index (χ0) is 22.2. The number of aryl methyl sites for hydroxylation is 1. The van der Waals surface area contributed by atoms with Crippen molar-refractivity contribution in [1.29, 1.82) is 0 Å². The third-order valence-corrected chi connectivity index (χ3v) is 5.29. The molecular weight excluding hydrogens is 416 g/mol. The SMILES string of the molecule is CCOc1cc(/C=C2/SC(=Nc3ccccc3CC)NC2=O)ccc1OCCC(=O)O. The lowest BCUT2D eigenvalue weighted by Gasteiger charge is -2.12. The standard InChI is InChI=1S/C23H24N2O5S/c1-3-16-7-5-6-8-17(16)24-23-25-22(28)20(31-23)14-15-9-10-18(19(13-15)29-4-2)30-12-11-21(26)27/h5-10,13-14H,3-4,11-12H2,1-2H3,(H,26,27)(H,24,25,28)/b20-14+. The Hall–Kier alpha value is -3.26. The molecule has 1 saturated heterocycles. The number of thioether (sulfide) groups is 1. The number of para-hydroxylation sites is 1. The van der Waals surface area contributed by atoms with Crippen LogP contribution in [0.25, 0.3) is 6.08 Å². The Labute approximate surface area is 185 Å². The van der Waals surface area contributed by atoms with Gasteiger partial charge in [-0.3, -0.25) is 9.59 Å². The number of hydrogen-bond acceptors (Lipinski definition) is 6. The smallest absolute Gasteiger partial charge is 0.306 e. The van der Waals surface area contributed by atoms with Crippen LogP contribution in [0.5, 0.6) is 11.5 Å². The van der Waals surface area contributed by atoms with Gasteiger partial charge in [0.05, 0.1) is 30.2 Å². The molecule has 8 heteroatoms. The number of ether oxygens (including phenoxy) is 2. The van der Waals surface area contributed by atoms with Gasteiger partial charge in [0.15, 0.2) is 16.7 Å². The molecule has 31 heavy (non-hydrogen) atoms. The van der Waals surface area contributed by atoms with Crippen LogP contribution < -0.4 is 14.8 Å². The Morgan fingerprint density at radius 2 is 1.97 bits per heavy atom. The van der Waals surface area contributed by atoms with Gasteiger partial charge < -0.3 is 19.9 Å². The van der Waals surface area contributed by atoms with Gasteiger partial charge in [-0.25, -0.2) is 4.99 Å². The van der Waals surface area contributed by atoms with Crippen LogP contribution in [0.2, 0.25) is 0 Å². The van der Waals surface area contributed by atoms with E-state index in [1.165, 1.54) is 11.8 Å². The minimum absolute atomic E-state index is 0.0488. The summed E-state index contributed by atoms with van der Waals surface area (Å²) in [6.45, 7) is 4.39. The number of aliphatic carboxylic acids is 1. The molecule has 1 heterocycles. The Kier molecular flexibility index (Phi) is 7.72. The molecular formula is C23H24N2O5S. The van der Waals surface area contributed by atoms with Crippen LogP contribution in [-0.4, -0.2) is 35.4 Å². The molecule has 2 N–H and O–H groups in total. The van der Waals surface area contributed by atoms with Gasteiger partial charge in [-0.15, -0.1) is 0 Å². The van der Waals surface area contributed by atoms with Gasteiger partial charge in [-0.05, 0) is 60.5 Å². The highest BCUT2D eigenvalue weighted by Gasteiger charge is 2.24. The monoisotopic (exact) mass is 440 g/mol. The molecule has 0 saturated carbocycles. The predicted octanol–water partition coefficient (Wildman–Crippen LogP) is 4.39. The van der Waals surface area contributed by atoms with E-state index in [9.17, 15) is 9.59 Å². The molecule has 0 radical (unpaired) electrons. The second-order valence-electron chi connectivity index (χ2n) is 6.60. The highest BCUT2D eigenvalue weighted by atomic mass is 32.2. The van der Waals surface area contributed by atoms with Gasteiger partial charge in [-0.1, -0.05) is 31.2 Å². The number of carboxylic acids is 1. The van der Waals surface area contributed by atoms with E-state index in [0.717, 1.165) is 23.2 Å². The first-order valence-electron chi connectivity index (χ1n) is 9.99. The largest absolute Gasteiger partial charge is 0.490 e. The van der Waals surface area contributed by atoms with Crippen LogP contribution in [0.4, 0.5) is 5.69 Å². The fourth-order valence-corrected chi connectivity index (χ4v) is 3.75. The molecule has 0 aromatic heterocycles. The van der Waals surface area contributed by atoms with E-state index in [1.807, 2.05) is 31.2 Å². The lowest BCUT2D eigenvalue weighted by molar-refractivity contribution is -0.137. The van der Waals surface area contributed by atoms with E-state index in [-0.39, 0.29) is 18.9 Å². The van der Waals surface area contributed by atoms with E-state index in [1.54, 1.807) is 24.3 Å². The Morgan fingerprint density at radius 3 is 2.71 bits per heavy atom. The lowest BCUT2D eigenvalue weighted by Crippen LogP contribution is -2.19. The highest BCUT2D eigenvalue weighted by molar-refractivity contribution is 8.18. The maximum atomic E-state index is 12.4. The summed E-state index contributed by atoms with van der Waals surface area (Å²) in [7, 11) is 0. The summed E-state index contributed by atoms with van der Waals surface area (Å²) in [5.74, 6) is -0.177. The molecule has 1 aliphatic rings. The molecule has 1 aliphatic heterocycles. The summed E-state index contributed by atoms with van der Waals surface area (Å²) in [6.07, 6.45) is 2.52. The van der Waals surface area contributed by atoms with Crippen LogP contribution in [0.3, 0.4) is 0 Å². The van der Waals surface area contributed by atoms with Crippen molar-refractivity contribution in [3.05, 3.63) is 58.5 Å². The number of aliphatic imine (C=N–C) groups is 1. The molecule has 2 aromatic carbocycles. The number of amidine groups is 1. The molecule has 1 fully saturated rings. The summed E-state index contributed by atoms with van der Waals surface area (Å²) >= 11 is 1.28. The quantitative estimate of drug-likeness (QED) is 0.561. The third-order valence-electron chi connectivity index (χ3n) is 4.38. The summed E-state index contributed by atoms with van der Waals surface area (Å²) < 4.78 is 11.1. The van der Waals surface area contributed by atoms with Gasteiger partial charge in [-0.2, -0.15) is 0 Å². The second-order valence-corrected chi connectivity index (χ2v) is 7.63. The summed E-state index contributed by atoms with van der Waals surface area (Å²) in [6, 6.07) is 13.1. The molecule has 0 unspecified atom stereocenters. The maximum Gasteiger partial charge on any atom is 0.306 e. The van der Waals surface area contributed by atoms with Crippen molar-refractivity contribution in [3.63, 3.8) is 0 Å². The first-order valence-corrected chi connectivity index (χ1v) is 10.8. The molecule has 0 bridgehead atoms. The van der Waals surface area contributed by atoms with Crippen molar-refractivity contribution in [1.82, 2.24) is 5.32 Å². The van der Waals surface area contributed by atoms with E-state index in [2.05, 4.69) is 17.2 Å². The Balaban J connectivity index is 1.79. The van der Waals surface area contributed by atoms with Gasteiger partial charge in [0.1, 0.15) is 0 Å². The first-order chi connectivity index (χ1) is 15.0. The molecule has 0 spiro atoms. The van der Waals surface area contributed by atoms with Crippen molar-refractivity contribution in [2.75, 3.05) is 13.2 Å². The number of benzene rings is 2. The zero-order valence-corrected chi connectivity index (χ0v) is 18.2. The maximum absolute atomic E-state index is 12.4. The molecule has 1 amide bonds. The fourth-order valence-electron chi connectivity index (χ4n) is 2.91. The van der Waals surface area contributed by atoms with E-state index in [0.29, 0.717) is 28.2 Å². The summed E-state index contributed by atoms with van der Waals surface area (Å²) in [5.41, 5.74) is 2.72. The molecule has 162 valence electrons. The van der Waals surface area contributed by atoms with E-state index < -0.39 is 5.97 Å². The van der Waals surface area contributed by atoms with Crippen LogP contribution in [0, 0.1) is 0 Å². The first kappa shape index (κ1) is 22.4. The van der Waals surface area contributed by atoms with Crippen molar-refractivity contribution in [2.24, 2.45) is 4.99 Å². The van der Waals surface area contributed by atoms with Gasteiger partial charge in [0.25, 0.3) is 5.91 Å². The van der Waals surface area contributed by atoms with Crippen molar-refractivity contribution >= 4 is 40.6 Å². The molecule has 2 aromatic rings. The predicted molar refractivity (Wildman–Crippen MR) is 122 cm³/mol. The average molecular weight is 441 g/mol. The van der Waals surface area contributed by atoms with Crippen molar-refractivity contribution < 1.29 is 24.2 Å². The molecule has 3 rings (SSSR count). The van der Waals surface area contributed by atoms with Crippen LogP contribution in [0.15, 0.2) is 52.4 Å². The molecule has 0 atom stereocenters. The number of carbonyl (C=O) groups excluding carboxylic acids is 1. The van der Waals surface area contributed by atoms with Gasteiger partial charge >= 0.3 is 5.97 Å². The van der Waals surface area contributed by atoms with Crippen LogP contribution in [0.1, 0.15) is 31.4 Å². The number of rotatable bonds is 9. The van der Waals surface area contributed by atoms with Gasteiger partial charge in [0.2, 0.25) is 0 Å². The minimum Gasteiger partial charge on any atom is -0.490 e. The Morgan fingerprint density at radius 1 is 1.16 bits per heavy atom. The van der Waals surface area contributed by atoms with E-state index in [4.69, 9.17) is 14.6 Å². The zero-order valence-electron chi connectivity index (χ0n) is 17.4. The van der Waals surface area contributed by atoms with Gasteiger partial charge in [0, 0.05) is 0 Å². The number of amides is 1. The third kappa shape index (κ3) is 6.11. The fraction of sp³-hybridized carbons (Fsp3) is 0.261. The number of nitrogens with one attached hydrogen (secondary N) is 1. The van der Waals surface area contributed by atoms with Crippen molar-refractivity contribution in [2.45, 2.75) is 26.7 Å². The normalized spacial score (nSPS) is 15.9. The van der Waals surface area contributed by atoms with Crippen LogP contribution in [-0.2, 0) is 16.0 Å². The summed E-state index contributed by atoms with van der Waals surface area (Å²) in [4.78, 5) is 28.2. The molecule has 0 aliphatic carbocycles. The average Bonchev–Trinajstić information content (AvgIpc) is 3.08.